The number of aromatic nitrogens is 4. The summed E-state index contributed by atoms with van der Waals surface area (Å²) in [6.45, 7) is 6.26. The lowest BCUT2D eigenvalue weighted by molar-refractivity contribution is 0.0905. The van der Waals surface area contributed by atoms with Crippen LogP contribution in [0.3, 0.4) is 0 Å². The van der Waals surface area contributed by atoms with Gasteiger partial charge in [0, 0.05) is 6.54 Å². The van der Waals surface area contributed by atoms with Crippen molar-refractivity contribution in [2.75, 3.05) is 6.54 Å². The molecule has 0 saturated heterocycles. The third-order valence-corrected chi connectivity index (χ3v) is 3.92. The Balaban J connectivity index is 2.04. The number of rotatable bonds is 6. The van der Waals surface area contributed by atoms with E-state index in [2.05, 4.69) is 20.8 Å². The molecule has 1 unspecified atom stereocenters. The van der Waals surface area contributed by atoms with Crippen LogP contribution in [-0.2, 0) is 0 Å². The highest BCUT2D eigenvalue weighted by Gasteiger charge is 2.23. The second-order valence-corrected chi connectivity index (χ2v) is 6.71. The molecule has 2 rings (SSSR count). The SMILES string of the molecule is CC(O)CC(C)(C)CNC(=O)c1sccc1-n1cnnn1. The second kappa shape index (κ2) is 6.31. The van der Waals surface area contributed by atoms with Crippen LogP contribution in [0.5, 0.6) is 0 Å². The van der Waals surface area contributed by atoms with Crippen LogP contribution in [0.15, 0.2) is 17.8 Å². The first-order valence-electron chi connectivity index (χ1n) is 6.66. The molecule has 2 aromatic rings. The van der Waals surface area contributed by atoms with Crippen molar-refractivity contribution in [2.45, 2.75) is 33.3 Å². The zero-order chi connectivity index (χ0) is 15.5. The molecule has 0 aliphatic rings. The number of nitrogens with zero attached hydrogens (tertiary/aromatic N) is 4. The third kappa shape index (κ3) is 4.08. The molecule has 0 fully saturated rings. The van der Waals surface area contributed by atoms with Crippen molar-refractivity contribution in [1.29, 1.82) is 0 Å². The lowest BCUT2D eigenvalue weighted by atomic mass is 9.87. The minimum Gasteiger partial charge on any atom is -0.393 e. The van der Waals surface area contributed by atoms with Crippen LogP contribution in [0.25, 0.3) is 5.69 Å². The number of nitrogens with one attached hydrogen (secondary N) is 1. The van der Waals surface area contributed by atoms with Gasteiger partial charge in [-0.2, -0.15) is 4.68 Å². The van der Waals surface area contributed by atoms with Crippen molar-refractivity contribution < 1.29 is 9.90 Å². The van der Waals surface area contributed by atoms with E-state index >= 15 is 0 Å². The first kappa shape index (κ1) is 15.6. The van der Waals surface area contributed by atoms with Gasteiger partial charge >= 0.3 is 0 Å². The van der Waals surface area contributed by atoms with E-state index < -0.39 is 6.10 Å². The molecule has 1 atom stereocenters. The molecule has 1 amide bonds. The van der Waals surface area contributed by atoms with Gasteiger partial charge in [-0.15, -0.1) is 16.4 Å². The van der Waals surface area contributed by atoms with E-state index in [1.165, 1.54) is 22.3 Å². The standard InChI is InChI=1S/C13H19N5O2S/c1-9(19)6-13(2,3)7-14-12(20)11-10(4-5-21-11)18-8-15-16-17-18/h4-5,8-9,19H,6-7H2,1-3H3,(H,14,20). The van der Waals surface area contributed by atoms with Gasteiger partial charge in [-0.3, -0.25) is 4.79 Å². The average molecular weight is 309 g/mol. The van der Waals surface area contributed by atoms with Gasteiger partial charge < -0.3 is 10.4 Å². The Morgan fingerprint density at radius 1 is 1.57 bits per heavy atom. The first-order valence-corrected chi connectivity index (χ1v) is 7.54. The Morgan fingerprint density at radius 3 is 2.95 bits per heavy atom. The van der Waals surface area contributed by atoms with E-state index in [1.807, 2.05) is 19.2 Å². The van der Waals surface area contributed by atoms with Gasteiger partial charge in [-0.05, 0) is 40.6 Å². The van der Waals surface area contributed by atoms with Crippen molar-refractivity contribution in [3.63, 3.8) is 0 Å². The summed E-state index contributed by atoms with van der Waals surface area (Å²) in [5, 5.41) is 25.2. The molecule has 2 N–H and O–H groups in total. The molecule has 0 aliphatic carbocycles. The molecule has 0 bridgehead atoms. The molecule has 0 spiro atoms. The Bertz CT molecular complexity index is 591. The summed E-state index contributed by atoms with van der Waals surface area (Å²) in [6, 6.07) is 1.80. The van der Waals surface area contributed by atoms with Crippen LogP contribution < -0.4 is 5.32 Å². The van der Waals surface area contributed by atoms with Gasteiger partial charge in [-0.1, -0.05) is 13.8 Å². The Kier molecular flexibility index (Phi) is 4.69. The van der Waals surface area contributed by atoms with Crippen molar-refractivity contribution in [2.24, 2.45) is 5.41 Å². The van der Waals surface area contributed by atoms with Gasteiger partial charge in [0.25, 0.3) is 5.91 Å². The number of hydrogen-bond donors (Lipinski definition) is 2. The molecule has 0 aromatic carbocycles. The minimum atomic E-state index is -0.393. The molecule has 0 saturated carbocycles. The number of tetrazole rings is 1. The van der Waals surface area contributed by atoms with E-state index in [9.17, 15) is 9.90 Å². The highest BCUT2D eigenvalue weighted by atomic mass is 32.1. The maximum absolute atomic E-state index is 12.3. The Morgan fingerprint density at radius 2 is 2.33 bits per heavy atom. The van der Waals surface area contributed by atoms with E-state index in [0.29, 0.717) is 23.5 Å². The summed E-state index contributed by atoms with van der Waals surface area (Å²) in [5.41, 5.74) is 0.492. The number of amides is 1. The van der Waals surface area contributed by atoms with Crippen LogP contribution in [0.1, 0.15) is 36.9 Å². The number of aliphatic hydroxyl groups is 1. The topological polar surface area (TPSA) is 92.9 Å². The number of hydrogen-bond acceptors (Lipinski definition) is 6. The first-order chi connectivity index (χ1) is 9.89. The van der Waals surface area contributed by atoms with Crippen LogP contribution in [-0.4, -0.2) is 43.9 Å². The van der Waals surface area contributed by atoms with Crippen molar-refractivity contribution in [3.05, 3.63) is 22.7 Å². The number of carbonyl (C=O) groups excluding carboxylic acids is 1. The van der Waals surface area contributed by atoms with Gasteiger partial charge in [0.1, 0.15) is 11.2 Å². The zero-order valence-corrected chi connectivity index (χ0v) is 13.1. The van der Waals surface area contributed by atoms with E-state index in [1.54, 1.807) is 13.0 Å². The van der Waals surface area contributed by atoms with Crippen molar-refractivity contribution in [3.8, 4) is 5.69 Å². The average Bonchev–Trinajstić information content (AvgIpc) is 3.04. The minimum absolute atomic E-state index is 0.158. The number of thiophene rings is 1. The number of aliphatic hydroxyl groups excluding tert-OH is 1. The molecular formula is C13H19N5O2S. The second-order valence-electron chi connectivity index (χ2n) is 5.79. The van der Waals surface area contributed by atoms with Crippen molar-refractivity contribution >= 4 is 17.2 Å². The molecule has 0 aliphatic heterocycles. The van der Waals surface area contributed by atoms with Crippen LogP contribution in [0, 0.1) is 5.41 Å². The largest absolute Gasteiger partial charge is 0.393 e. The van der Waals surface area contributed by atoms with Crippen LogP contribution in [0.4, 0.5) is 0 Å². The molecule has 2 heterocycles. The molecule has 8 heteroatoms. The van der Waals surface area contributed by atoms with E-state index in [-0.39, 0.29) is 11.3 Å². The highest BCUT2D eigenvalue weighted by Crippen LogP contribution is 2.23. The smallest absolute Gasteiger partial charge is 0.263 e. The fraction of sp³-hybridized carbons (Fsp3) is 0.538. The molecule has 2 aromatic heterocycles. The predicted octanol–water partition coefficient (Wildman–Crippen LogP) is 1.25. The molecular weight excluding hydrogens is 290 g/mol. The maximum atomic E-state index is 12.3. The summed E-state index contributed by atoms with van der Waals surface area (Å²) < 4.78 is 1.46. The fourth-order valence-electron chi connectivity index (χ4n) is 2.20. The zero-order valence-electron chi connectivity index (χ0n) is 12.3. The van der Waals surface area contributed by atoms with E-state index in [4.69, 9.17) is 0 Å². The van der Waals surface area contributed by atoms with Crippen LogP contribution >= 0.6 is 11.3 Å². The Labute approximate surface area is 127 Å². The molecule has 114 valence electrons. The monoisotopic (exact) mass is 309 g/mol. The van der Waals surface area contributed by atoms with Crippen LogP contribution in [0.2, 0.25) is 0 Å². The summed E-state index contributed by atoms with van der Waals surface area (Å²) >= 11 is 1.34. The molecule has 7 nitrogen and oxygen atoms in total. The lowest BCUT2D eigenvalue weighted by Gasteiger charge is -2.26. The lowest BCUT2D eigenvalue weighted by Crippen LogP contribution is -2.35. The third-order valence-electron chi connectivity index (χ3n) is 3.02. The summed E-state index contributed by atoms with van der Waals surface area (Å²) in [7, 11) is 0. The van der Waals surface area contributed by atoms with Gasteiger partial charge in [0.2, 0.25) is 0 Å². The summed E-state index contributed by atoms with van der Waals surface area (Å²) in [6.07, 6.45) is 1.68. The maximum Gasteiger partial charge on any atom is 0.263 e. The predicted molar refractivity (Wildman–Crippen MR) is 79.4 cm³/mol. The summed E-state index contributed by atoms with van der Waals surface area (Å²) in [4.78, 5) is 12.9. The highest BCUT2D eigenvalue weighted by molar-refractivity contribution is 7.12. The van der Waals surface area contributed by atoms with Gasteiger partial charge in [-0.25, -0.2) is 0 Å². The summed E-state index contributed by atoms with van der Waals surface area (Å²) in [5.74, 6) is -0.158. The molecule has 21 heavy (non-hydrogen) atoms. The van der Waals surface area contributed by atoms with Gasteiger partial charge in [0.15, 0.2) is 0 Å². The normalized spacial score (nSPS) is 13.1. The Hall–Kier alpha value is -1.80. The fourth-order valence-corrected chi connectivity index (χ4v) is 2.99. The number of carbonyl (C=O) groups is 1. The quantitative estimate of drug-likeness (QED) is 0.837. The van der Waals surface area contributed by atoms with Gasteiger partial charge in [0.05, 0.1) is 11.8 Å². The molecule has 0 radical (unpaired) electrons. The van der Waals surface area contributed by atoms with E-state index in [0.717, 1.165) is 0 Å². The van der Waals surface area contributed by atoms with Crippen molar-refractivity contribution in [1.82, 2.24) is 25.5 Å².